The van der Waals surface area contributed by atoms with E-state index < -0.39 is 5.54 Å². The molecule has 1 aromatic rings. The molecule has 94 valence electrons. The molecule has 0 atom stereocenters. The van der Waals surface area contributed by atoms with Crippen molar-refractivity contribution >= 4 is 5.91 Å². The Morgan fingerprint density at radius 1 is 1.41 bits per heavy atom. The Morgan fingerprint density at radius 3 is 2.65 bits per heavy atom. The van der Waals surface area contributed by atoms with Gasteiger partial charge in [-0.05, 0) is 31.9 Å². The van der Waals surface area contributed by atoms with Gasteiger partial charge in [0, 0.05) is 0 Å². The predicted molar refractivity (Wildman–Crippen MR) is 63.8 cm³/mol. The zero-order chi connectivity index (χ0) is 12.3. The fourth-order valence-electron chi connectivity index (χ4n) is 2.41. The van der Waals surface area contributed by atoms with Gasteiger partial charge < -0.3 is 14.8 Å². The molecule has 0 aliphatic heterocycles. The predicted octanol–water partition coefficient (Wildman–Crippen LogP) is 2.01. The summed E-state index contributed by atoms with van der Waals surface area (Å²) >= 11 is 0. The number of aliphatic hydroxyl groups is 1. The number of hydrogen-bond donors (Lipinski definition) is 2. The summed E-state index contributed by atoms with van der Waals surface area (Å²) in [6.07, 6.45) is 4.97. The minimum absolute atomic E-state index is 0.00156. The molecule has 17 heavy (non-hydrogen) atoms. The Labute approximate surface area is 101 Å². The van der Waals surface area contributed by atoms with Crippen LogP contribution in [0, 0.1) is 6.92 Å². The van der Waals surface area contributed by atoms with Crippen molar-refractivity contribution in [1.29, 1.82) is 0 Å². The first kappa shape index (κ1) is 12.2. The maximum atomic E-state index is 12.0. The van der Waals surface area contributed by atoms with Gasteiger partial charge in [-0.2, -0.15) is 0 Å². The summed E-state index contributed by atoms with van der Waals surface area (Å²) in [5, 5.41) is 12.4. The van der Waals surface area contributed by atoms with Gasteiger partial charge >= 0.3 is 0 Å². The van der Waals surface area contributed by atoms with Gasteiger partial charge in [0.05, 0.1) is 12.1 Å². The average Bonchev–Trinajstić information content (AvgIpc) is 2.77. The molecule has 2 rings (SSSR count). The molecule has 1 aromatic heterocycles. The van der Waals surface area contributed by atoms with Crippen LogP contribution in [0.1, 0.15) is 48.4 Å². The lowest BCUT2D eigenvalue weighted by molar-refractivity contribution is 0.0732. The summed E-state index contributed by atoms with van der Waals surface area (Å²) in [5.74, 6) is 0.812. The van der Waals surface area contributed by atoms with Crippen molar-refractivity contribution in [3.8, 4) is 0 Å². The summed E-state index contributed by atoms with van der Waals surface area (Å²) in [6, 6.07) is 3.43. The zero-order valence-electron chi connectivity index (χ0n) is 10.2. The van der Waals surface area contributed by atoms with Gasteiger partial charge in [0.25, 0.3) is 5.91 Å². The van der Waals surface area contributed by atoms with Gasteiger partial charge in [-0.1, -0.05) is 19.3 Å². The van der Waals surface area contributed by atoms with E-state index in [1.54, 1.807) is 19.1 Å². The summed E-state index contributed by atoms with van der Waals surface area (Å²) in [5.41, 5.74) is -0.448. The highest BCUT2D eigenvalue weighted by Crippen LogP contribution is 2.28. The molecule has 0 aromatic carbocycles. The van der Waals surface area contributed by atoms with E-state index in [2.05, 4.69) is 5.32 Å². The lowest BCUT2D eigenvalue weighted by Gasteiger charge is -2.36. The smallest absolute Gasteiger partial charge is 0.287 e. The Kier molecular flexibility index (Phi) is 3.52. The third kappa shape index (κ3) is 2.69. The molecule has 1 fully saturated rings. The molecular formula is C13H19NO3. The lowest BCUT2D eigenvalue weighted by Crippen LogP contribution is -2.52. The van der Waals surface area contributed by atoms with Crippen LogP contribution in [-0.4, -0.2) is 23.2 Å². The van der Waals surface area contributed by atoms with Gasteiger partial charge in [-0.15, -0.1) is 0 Å². The number of aliphatic hydroxyl groups excluding tert-OH is 1. The third-order valence-corrected chi connectivity index (χ3v) is 3.46. The van der Waals surface area contributed by atoms with E-state index in [0.29, 0.717) is 5.76 Å². The lowest BCUT2D eigenvalue weighted by atomic mass is 9.82. The molecule has 2 N–H and O–H groups in total. The van der Waals surface area contributed by atoms with E-state index in [0.717, 1.165) is 31.4 Å². The molecule has 4 heteroatoms. The number of rotatable bonds is 3. The number of nitrogens with one attached hydrogen (secondary N) is 1. The molecule has 1 aliphatic carbocycles. The topological polar surface area (TPSA) is 62.5 Å². The van der Waals surface area contributed by atoms with Gasteiger partial charge in [-0.25, -0.2) is 0 Å². The first-order valence-electron chi connectivity index (χ1n) is 6.15. The van der Waals surface area contributed by atoms with Gasteiger partial charge in [0.2, 0.25) is 0 Å². The van der Waals surface area contributed by atoms with Gasteiger partial charge in [0.1, 0.15) is 5.76 Å². The monoisotopic (exact) mass is 237 g/mol. The maximum absolute atomic E-state index is 12.0. The second-order valence-corrected chi connectivity index (χ2v) is 4.86. The normalized spacial score (nSPS) is 18.9. The fourth-order valence-corrected chi connectivity index (χ4v) is 2.41. The first-order valence-corrected chi connectivity index (χ1v) is 6.15. The summed E-state index contributed by atoms with van der Waals surface area (Å²) in [6.45, 7) is 1.80. The van der Waals surface area contributed by atoms with E-state index in [4.69, 9.17) is 4.42 Å². The third-order valence-electron chi connectivity index (χ3n) is 3.46. The SMILES string of the molecule is Cc1ccc(C(=O)NC2(CO)CCCCC2)o1. The number of carbonyl (C=O) groups is 1. The minimum atomic E-state index is -0.448. The quantitative estimate of drug-likeness (QED) is 0.845. The van der Waals surface area contributed by atoms with Crippen LogP contribution in [-0.2, 0) is 0 Å². The number of carbonyl (C=O) groups excluding carboxylic acids is 1. The standard InChI is InChI=1S/C13H19NO3/c1-10-5-6-11(17-10)12(16)14-13(9-15)7-3-2-4-8-13/h5-6,15H,2-4,7-9H2,1H3,(H,14,16). The van der Waals surface area contributed by atoms with Crippen molar-refractivity contribution in [1.82, 2.24) is 5.32 Å². The van der Waals surface area contributed by atoms with Crippen LogP contribution < -0.4 is 5.32 Å². The van der Waals surface area contributed by atoms with E-state index in [1.165, 1.54) is 6.42 Å². The van der Waals surface area contributed by atoms with Crippen molar-refractivity contribution in [2.75, 3.05) is 6.61 Å². The van der Waals surface area contributed by atoms with Crippen molar-refractivity contribution in [3.63, 3.8) is 0 Å². The largest absolute Gasteiger partial charge is 0.456 e. The van der Waals surface area contributed by atoms with Crippen LogP contribution >= 0.6 is 0 Å². The number of aryl methyl sites for hydroxylation is 1. The fraction of sp³-hybridized carbons (Fsp3) is 0.615. The molecule has 0 saturated heterocycles. The Morgan fingerprint density at radius 2 is 2.12 bits per heavy atom. The first-order chi connectivity index (χ1) is 8.15. The maximum Gasteiger partial charge on any atom is 0.287 e. The summed E-state index contributed by atoms with van der Waals surface area (Å²) < 4.78 is 5.28. The molecule has 1 heterocycles. The van der Waals surface area contributed by atoms with Crippen molar-refractivity contribution in [2.24, 2.45) is 0 Å². The molecule has 1 saturated carbocycles. The van der Waals surface area contributed by atoms with Crippen molar-refractivity contribution in [3.05, 3.63) is 23.7 Å². The van der Waals surface area contributed by atoms with Crippen LogP contribution in [0.3, 0.4) is 0 Å². The van der Waals surface area contributed by atoms with Crippen molar-refractivity contribution < 1.29 is 14.3 Å². The molecule has 0 spiro atoms. The second kappa shape index (κ2) is 4.92. The van der Waals surface area contributed by atoms with Gasteiger partial charge in [-0.3, -0.25) is 4.79 Å². The van der Waals surface area contributed by atoms with E-state index in [1.807, 2.05) is 0 Å². The summed E-state index contributed by atoms with van der Waals surface area (Å²) in [4.78, 5) is 12.0. The zero-order valence-corrected chi connectivity index (χ0v) is 10.2. The molecule has 1 amide bonds. The minimum Gasteiger partial charge on any atom is -0.456 e. The molecule has 0 bridgehead atoms. The highest BCUT2D eigenvalue weighted by Gasteiger charge is 2.33. The van der Waals surface area contributed by atoms with Crippen LogP contribution in [0.2, 0.25) is 0 Å². The Hall–Kier alpha value is -1.29. The average molecular weight is 237 g/mol. The highest BCUT2D eigenvalue weighted by molar-refractivity contribution is 5.92. The number of furan rings is 1. The molecular weight excluding hydrogens is 218 g/mol. The summed E-state index contributed by atoms with van der Waals surface area (Å²) in [7, 11) is 0. The van der Waals surface area contributed by atoms with Crippen LogP contribution in [0.5, 0.6) is 0 Å². The van der Waals surface area contributed by atoms with E-state index in [-0.39, 0.29) is 12.5 Å². The van der Waals surface area contributed by atoms with Crippen LogP contribution in [0.25, 0.3) is 0 Å². The van der Waals surface area contributed by atoms with Crippen LogP contribution in [0.15, 0.2) is 16.5 Å². The van der Waals surface area contributed by atoms with E-state index in [9.17, 15) is 9.90 Å². The molecule has 0 radical (unpaired) electrons. The van der Waals surface area contributed by atoms with Gasteiger partial charge in [0.15, 0.2) is 5.76 Å². The highest BCUT2D eigenvalue weighted by atomic mass is 16.3. The number of hydrogen-bond acceptors (Lipinski definition) is 3. The molecule has 0 unspecified atom stereocenters. The second-order valence-electron chi connectivity index (χ2n) is 4.86. The van der Waals surface area contributed by atoms with E-state index >= 15 is 0 Å². The number of amides is 1. The molecule has 1 aliphatic rings. The van der Waals surface area contributed by atoms with Crippen molar-refractivity contribution in [2.45, 2.75) is 44.6 Å². The Bertz CT molecular complexity index is 391. The van der Waals surface area contributed by atoms with Crippen LogP contribution in [0.4, 0.5) is 0 Å². The molecule has 4 nitrogen and oxygen atoms in total. The Balaban J connectivity index is 2.05.